The number of hydrogen-bond donors (Lipinski definition) is 1. The third-order valence-electron chi connectivity index (χ3n) is 3.56. The number of hydrogen-bond acceptors (Lipinski definition) is 6. The van der Waals surface area contributed by atoms with Gasteiger partial charge in [-0.1, -0.05) is 0 Å². The maximum Gasteiger partial charge on any atom is 0.300 e. The number of amides is 1. The van der Waals surface area contributed by atoms with Crippen molar-refractivity contribution in [2.24, 2.45) is 0 Å². The molecule has 2 aliphatic heterocycles. The smallest absolute Gasteiger partial charge is 0.300 e. The van der Waals surface area contributed by atoms with Crippen molar-refractivity contribution in [1.82, 2.24) is 4.90 Å². The zero-order valence-electron chi connectivity index (χ0n) is 10.2. The van der Waals surface area contributed by atoms with Crippen LogP contribution in [-0.4, -0.2) is 33.4 Å². The number of carbonyl (C=O) groups excluding carboxylic acids is 1. The van der Waals surface area contributed by atoms with Crippen LogP contribution in [0, 0.1) is 20.2 Å². The predicted octanol–water partition coefficient (Wildman–Crippen LogP) is 1.49. The fourth-order valence-electron chi connectivity index (χ4n) is 2.66. The molecule has 1 atom stereocenters. The number of fused-ring (bicyclic) bond motifs is 2. The van der Waals surface area contributed by atoms with Crippen LogP contribution in [0.25, 0.3) is 0 Å². The number of nitro groups is 2. The molecule has 9 nitrogen and oxygen atoms in total. The van der Waals surface area contributed by atoms with E-state index in [1.807, 2.05) is 0 Å². The molecule has 0 aromatic heterocycles. The molecule has 1 fully saturated rings. The molecular formula is C11H10N4O5. The molecule has 1 saturated heterocycles. The van der Waals surface area contributed by atoms with Gasteiger partial charge < -0.3 is 10.2 Å². The minimum Gasteiger partial charge on any atom is -0.359 e. The Bertz CT molecular complexity index is 644. The second kappa shape index (κ2) is 4.15. The third-order valence-corrected chi connectivity index (χ3v) is 3.56. The standard InChI is InChI=1S/C11H10N4O5/c16-11-7-4-6(14(17)18)5-8(15(19)20)10(7)12-9-2-1-3-13(9)11/h4-5,9,12H,1-3H2. The number of nitrogens with zero attached hydrogens (tertiary/aromatic N) is 3. The Labute approximate surface area is 112 Å². The van der Waals surface area contributed by atoms with Crippen LogP contribution in [-0.2, 0) is 0 Å². The first-order valence-electron chi connectivity index (χ1n) is 6.03. The average Bonchev–Trinajstić information content (AvgIpc) is 2.86. The summed E-state index contributed by atoms with van der Waals surface area (Å²) in [7, 11) is 0. The Morgan fingerprint density at radius 3 is 2.65 bits per heavy atom. The highest BCUT2D eigenvalue weighted by atomic mass is 16.6. The van der Waals surface area contributed by atoms with Gasteiger partial charge in [0.1, 0.15) is 11.9 Å². The minimum atomic E-state index is -0.739. The molecule has 20 heavy (non-hydrogen) atoms. The first-order valence-corrected chi connectivity index (χ1v) is 6.03. The first-order chi connectivity index (χ1) is 9.49. The van der Waals surface area contributed by atoms with Crippen LogP contribution in [0.5, 0.6) is 0 Å². The molecule has 1 aromatic rings. The normalized spacial score (nSPS) is 20.1. The number of anilines is 1. The zero-order chi connectivity index (χ0) is 14.4. The van der Waals surface area contributed by atoms with E-state index in [1.165, 1.54) is 0 Å². The van der Waals surface area contributed by atoms with Gasteiger partial charge in [-0.15, -0.1) is 0 Å². The van der Waals surface area contributed by atoms with Crippen molar-refractivity contribution in [3.05, 3.63) is 37.9 Å². The van der Waals surface area contributed by atoms with Gasteiger partial charge >= 0.3 is 0 Å². The van der Waals surface area contributed by atoms with Crippen molar-refractivity contribution in [1.29, 1.82) is 0 Å². The van der Waals surface area contributed by atoms with E-state index in [0.29, 0.717) is 13.0 Å². The summed E-state index contributed by atoms with van der Waals surface area (Å²) in [5.74, 6) is -0.395. The molecule has 104 valence electrons. The van der Waals surface area contributed by atoms with Crippen molar-refractivity contribution >= 4 is 23.0 Å². The first kappa shape index (κ1) is 12.3. The van der Waals surface area contributed by atoms with Gasteiger partial charge in [0, 0.05) is 12.6 Å². The van der Waals surface area contributed by atoms with E-state index >= 15 is 0 Å². The summed E-state index contributed by atoms with van der Waals surface area (Å²) in [5.41, 5.74) is -0.824. The molecule has 0 saturated carbocycles. The highest BCUT2D eigenvalue weighted by Crippen LogP contribution is 2.39. The molecule has 0 bridgehead atoms. The molecule has 9 heteroatoms. The van der Waals surface area contributed by atoms with Crippen molar-refractivity contribution in [3.8, 4) is 0 Å². The number of carbonyl (C=O) groups is 1. The lowest BCUT2D eigenvalue weighted by Crippen LogP contribution is -2.44. The summed E-state index contributed by atoms with van der Waals surface area (Å²) in [5, 5.41) is 24.8. The van der Waals surface area contributed by atoms with E-state index in [-0.39, 0.29) is 17.4 Å². The second-order valence-electron chi connectivity index (χ2n) is 4.70. The molecule has 3 rings (SSSR count). The summed E-state index contributed by atoms with van der Waals surface area (Å²) in [6.45, 7) is 0.548. The van der Waals surface area contributed by atoms with Crippen LogP contribution in [0.15, 0.2) is 12.1 Å². The Morgan fingerprint density at radius 1 is 1.25 bits per heavy atom. The third kappa shape index (κ3) is 1.67. The molecule has 1 amide bonds. The Kier molecular flexibility index (Phi) is 2.56. The summed E-state index contributed by atoms with van der Waals surface area (Å²) in [6, 6.07) is 1.97. The van der Waals surface area contributed by atoms with E-state index in [4.69, 9.17) is 0 Å². The topological polar surface area (TPSA) is 119 Å². The lowest BCUT2D eigenvalue weighted by molar-refractivity contribution is -0.393. The number of benzene rings is 1. The van der Waals surface area contributed by atoms with E-state index in [1.54, 1.807) is 4.90 Å². The Morgan fingerprint density at radius 2 is 2.00 bits per heavy atom. The van der Waals surface area contributed by atoms with E-state index < -0.39 is 27.1 Å². The van der Waals surface area contributed by atoms with E-state index in [9.17, 15) is 25.0 Å². The molecular weight excluding hydrogens is 268 g/mol. The van der Waals surface area contributed by atoms with Gasteiger partial charge in [-0.05, 0) is 12.8 Å². The maximum atomic E-state index is 12.3. The summed E-state index contributed by atoms with van der Waals surface area (Å²) in [4.78, 5) is 34.3. The second-order valence-corrected chi connectivity index (χ2v) is 4.70. The van der Waals surface area contributed by atoms with Gasteiger partial charge in [0.15, 0.2) is 0 Å². The fourth-order valence-corrected chi connectivity index (χ4v) is 2.66. The fraction of sp³-hybridized carbons (Fsp3) is 0.364. The summed E-state index contributed by atoms with van der Waals surface area (Å²) in [6.07, 6.45) is 1.24. The maximum absolute atomic E-state index is 12.3. The highest BCUT2D eigenvalue weighted by Gasteiger charge is 2.39. The lowest BCUT2D eigenvalue weighted by atomic mass is 10.1. The number of rotatable bonds is 2. The minimum absolute atomic E-state index is 0.0101. The Balaban J connectivity index is 2.20. The number of nitro benzene ring substituents is 2. The van der Waals surface area contributed by atoms with E-state index in [0.717, 1.165) is 18.6 Å². The molecule has 0 radical (unpaired) electrons. The SMILES string of the molecule is O=C1c2cc([N+](=O)[O-])cc([N+](=O)[O-])c2NC2CCCN12. The van der Waals surface area contributed by atoms with Gasteiger partial charge in [0.2, 0.25) is 0 Å². The van der Waals surface area contributed by atoms with Crippen LogP contribution in [0.2, 0.25) is 0 Å². The predicted molar refractivity (Wildman–Crippen MR) is 67.4 cm³/mol. The average molecular weight is 278 g/mol. The van der Waals surface area contributed by atoms with Gasteiger partial charge in [-0.25, -0.2) is 0 Å². The monoisotopic (exact) mass is 278 g/mol. The molecule has 1 unspecified atom stereocenters. The van der Waals surface area contributed by atoms with Crippen LogP contribution < -0.4 is 5.32 Å². The molecule has 0 spiro atoms. The van der Waals surface area contributed by atoms with Gasteiger partial charge in [-0.2, -0.15) is 0 Å². The number of non-ortho nitro benzene ring substituents is 1. The molecule has 0 aliphatic carbocycles. The largest absolute Gasteiger partial charge is 0.359 e. The lowest BCUT2D eigenvalue weighted by Gasteiger charge is -2.32. The Hall–Kier alpha value is -2.71. The van der Waals surface area contributed by atoms with Crippen molar-refractivity contribution < 1.29 is 14.6 Å². The molecule has 2 aliphatic rings. The molecule has 1 N–H and O–H groups in total. The van der Waals surface area contributed by atoms with Crippen LogP contribution in [0.4, 0.5) is 17.1 Å². The molecule has 2 heterocycles. The van der Waals surface area contributed by atoms with Gasteiger partial charge in [-0.3, -0.25) is 25.0 Å². The van der Waals surface area contributed by atoms with Crippen molar-refractivity contribution in [2.75, 3.05) is 11.9 Å². The zero-order valence-corrected chi connectivity index (χ0v) is 10.2. The van der Waals surface area contributed by atoms with Gasteiger partial charge in [0.05, 0.1) is 21.5 Å². The van der Waals surface area contributed by atoms with Crippen molar-refractivity contribution in [3.63, 3.8) is 0 Å². The van der Waals surface area contributed by atoms with E-state index in [2.05, 4.69) is 5.32 Å². The number of nitrogens with one attached hydrogen (secondary N) is 1. The summed E-state index contributed by atoms with van der Waals surface area (Å²) < 4.78 is 0. The highest BCUT2D eigenvalue weighted by molar-refractivity contribution is 6.04. The quantitative estimate of drug-likeness (QED) is 0.646. The summed E-state index contributed by atoms with van der Waals surface area (Å²) >= 11 is 0. The van der Waals surface area contributed by atoms with Crippen molar-refractivity contribution in [2.45, 2.75) is 19.0 Å². The van der Waals surface area contributed by atoms with Crippen LogP contribution in [0.1, 0.15) is 23.2 Å². The molecule has 1 aromatic carbocycles. The van der Waals surface area contributed by atoms with Crippen LogP contribution in [0.3, 0.4) is 0 Å². The van der Waals surface area contributed by atoms with Gasteiger partial charge in [0.25, 0.3) is 17.3 Å². The van der Waals surface area contributed by atoms with Crippen LogP contribution >= 0.6 is 0 Å².